The molecule has 2 atom stereocenters. The van der Waals surface area contributed by atoms with E-state index < -0.39 is 29.8 Å². The van der Waals surface area contributed by atoms with Gasteiger partial charge in [0, 0.05) is 15.9 Å². The van der Waals surface area contributed by atoms with Crippen molar-refractivity contribution in [3.63, 3.8) is 0 Å². The lowest BCUT2D eigenvalue weighted by Crippen LogP contribution is -2.52. The minimum atomic E-state index is -0.802. The molecular weight excluding hydrogens is 515 g/mol. The number of Topliss-reactive ketones (excluding diaryl/α,β-unsaturated/α-hetero) is 1. The summed E-state index contributed by atoms with van der Waals surface area (Å²) in [4.78, 5) is 53.5. The third-order valence-corrected chi connectivity index (χ3v) is 8.16. The van der Waals surface area contributed by atoms with E-state index in [1.807, 2.05) is 31.4 Å². The molecule has 1 aromatic carbocycles. The highest BCUT2D eigenvalue weighted by Crippen LogP contribution is 2.30. The Morgan fingerprint density at radius 1 is 1.16 bits per heavy atom. The number of hydrogen-bond acceptors (Lipinski definition) is 6. The molecule has 196 valence electrons. The van der Waals surface area contributed by atoms with Gasteiger partial charge in [0.25, 0.3) is 5.91 Å². The molecule has 1 aliphatic rings. The molecule has 0 saturated carbocycles. The van der Waals surface area contributed by atoms with E-state index in [0.717, 1.165) is 9.40 Å². The van der Waals surface area contributed by atoms with Gasteiger partial charge < -0.3 is 20.9 Å². The Morgan fingerprint density at radius 2 is 1.95 bits per heavy atom. The van der Waals surface area contributed by atoms with Crippen LogP contribution in [-0.2, 0) is 9.59 Å². The van der Waals surface area contributed by atoms with Gasteiger partial charge in [-0.15, -0.1) is 22.7 Å². The molecule has 37 heavy (non-hydrogen) atoms. The number of carbonyl (C=O) groups is 4. The quantitative estimate of drug-likeness (QED) is 0.403. The second kappa shape index (κ2) is 11.8. The number of fused-ring (bicyclic) bond motifs is 1. The first kappa shape index (κ1) is 26.7. The van der Waals surface area contributed by atoms with Crippen LogP contribution in [0.1, 0.15) is 42.8 Å². The highest BCUT2D eigenvalue weighted by Gasteiger charge is 2.31. The highest BCUT2D eigenvalue weighted by molar-refractivity contribution is 7.27. The molecule has 4 amide bonds. The molecule has 4 rings (SSSR count). The Kier molecular flexibility index (Phi) is 8.55. The van der Waals surface area contributed by atoms with Gasteiger partial charge in [-0.1, -0.05) is 26.0 Å². The number of anilines is 1. The molecule has 1 unspecified atom stereocenters. The maximum Gasteiger partial charge on any atom is 0.322 e. The summed E-state index contributed by atoms with van der Waals surface area (Å²) < 4.78 is 15.9. The lowest BCUT2D eigenvalue weighted by Gasteiger charge is -2.23. The number of carbonyl (C=O) groups excluding carboxylic acids is 4. The van der Waals surface area contributed by atoms with Gasteiger partial charge in [-0.3, -0.25) is 14.4 Å². The monoisotopic (exact) mass is 544 g/mol. The second-order valence-corrected chi connectivity index (χ2v) is 11.4. The second-order valence-electron chi connectivity index (χ2n) is 9.42. The third kappa shape index (κ3) is 6.72. The van der Waals surface area contributed by atoms with Crippen molar-refractivity contribution in [1.29, 1.82) is 0 Å². The molecule has 2 aromatic heterocycles. The third-order valence-electron chi connectivity index (χ3n) is 6.07. The number of ketones is 1. The summed E-state index contributed by atoms with van der Waals surface area (Å²) in [5, 5.41) is 10.1. The van der Waals surface area contributed by atoms with Crippen molar-refractivity contribution in [3.8, 4) is 0 Å². The van der Waals surface area contributed by atoms with E-state index in [1.165, 1.54) is 34.4 Å². The SMILES string of the molecule is CC(C)CC(NC(=O)c1cc2sccc2s1)C(=O)N[C@H]1CCCN(C(=O)Nc2ccccc2F)CC1=O. The summed E-state index contributed by atoms with van der Waals surface area (Å²) >= 11 is 2.93. The van der Waals surface area contributed by atoms with Crippen molar-refractivity contribution in [2.45, 2.75) is 45.2 Å². The van der Waals surface area contributed by atoms with Crippen LogP contribution in [0.3, 0.4) is 0 Å². The fourth-order valence-electron chi connectivity index (χ4n) is 4.19. The van der Waals surface area contributed by atoms with Crippen LogP contribution in [0, 0.1) is 11.7 Å². The molecule has 3 N–H and O–H groups in total. The average molecular weight is 545 g/mol. The summed E-state index contributed by atoms with van der Waals surface area (Å²) in [6.45, 7) is 3.99. The van der Waals surface area contributed by atoms with E-state index in [0.29, 0.717) is 30.7 Å². The summed E-state index contributed by atoms with van der Waals surface area (Å²) in [6, 6.07) is 7.42. The largest absolute Gasteiger partial charge is 0.344 e. The normalized spacial score (nSPS) is 16.9. The Bertz CT molecular complexity index is 1280. The number of nitrogens with one attached hydrogen (secondary N) is 3. The maximum absolute atomic E-state index is 13.9. The van der Waals surface area contributed by atoms with Gasteiger partial charge in [-0.2, -0.15) is 0 Å². The van der Waals surface area contributed by atoms with Crippen LogP contribution in [0.25, 0.3) is 9.40 Å². The summed E-state index contributed by atoms with van der Waals surface area (Å²) in [7, 11) is 0. The van der Waals surface area contributed by atoms with E-state index >= 15 is 0 Å². The molecule has 0 spiro atoms. The van der Waals surface area contributed by atoms with E-state index in [9.17, 15) is 23.6 Å². The van der Waals surface area contributed by atoms with Crippen LogP contribution in [0.4, 0.5) is 14.9 Å². The molecule has 0 radical (unpaired) electrons. The van der Waals surface area contributed by atoms with Gasteiger partial charge in [0.15, 0.2) is 5.78 Å². The molecule has 1 saturated heterocycles. The Hall–Kier alpha value is -3.31. The number of rotatable bonds is 7. The molecule has 3 heterocycles. The molecule has 0 aliphatic carbocycles. The van der Waals surface area contributed by atoms with Crippen molar-refractivity contribution in [2.75, 3.05) is 18.4 Å². The van der Waals surface area contributed by atoms with Crippen molar-refractivity contribution in [1.82, 2.24) is 15.5 Å². The summed E-state index contributed by atoms with van der Waals surface area (Å²) in [6.07, 6.45) is 1.25. The van der Waals surface area contributed by atoms with Crippen LogP contribution in [-0.4, -0.2) is 53.7 Å². The first-order chi connectivity index (χ1) is 17.7. The number of amides is 4. The van der Waals surface area contributed by atoms with Crippen molar-refractivity contribution >= 4 is 61.4 Å². The summed E-state index contributed by atoms with van der Waals surface area (Å²) in [5.41, 5.74) is 0.0342. The zero-order valence-electron chi connectivity index (χ0n) is 20.6. The lowest BCUT2D eigenvalue weighted by molar-refractivity contribution is -0.129. The van der Waals surface area contributed by atoms with Crippen molar-refractivity contribution in [3.05, 3.63) is 52.5 Å². The number of benzene rings is 1. The van der Waals surface area contributed by atoms with Gasteiger partial charge in [0.05, 0.1) is 23.2 Å². The number of para-hydroxylation sites is 1. The summed E-state index contributed by atoms with van der Waals surface area (Å²) in [5.74, 6) is -1.50. The molecule has 1 fully saturated rings. The number of halogens is 1. The number of likely N-dealkylation sites (tertiary alicyclic amines) is 1. The highest BCUT2D eigenvalue weighted by atomic mass is 32.1. The van der Waals surface area contributed by atoms with E-state index in [4.69, 9.17) is 0 Å². The van der Waals surface area contributed by atoms with Crippen molar-refractivity contribution in [2.24, 2.45) is 5.92 Å². The Morgan fingerprint density at radius 3 is 2.68 bits per heavy atom. The standard InChI is InChI=1S/C26H29FN4O4S2/c1-15(2)12-19(29-25(34)23-13-22-21(37-23)9-11-36-22)24(33)28-18-8-5-10-31(14-20(18)32)26(35)30-17-7-4-3-6-16(17)27/h3-4,6-7,9,11,13,15,18-19H,5,8,10,12,14H2,1-2H3,(H,28,33)(H,29,34)(H,30,35)/t18-,19?/m0/s1. The van der Waals surface area contributed by atoms with E-state index in [2.05, 4.69) is 16.0 Å². The molecule has 11 heteroatoms. The van der Waals surface area contributed by atoms with Gasteiger partial charge in [0.2, 0.25) is 5.91 Å². The Labute approximate surface area is 222 Å². The van der Waals surface area contributed by atoms with Gasteiger partial charge in [0.1, 0.15) is 11.9 Å². The molecule has 1 aliphatic heterocycles. The first-order valence-corrected chi connectivity index (χ1v) is 13.8. The average Bonchev–Trinajstić information content (AvgIpc) is 3.41. The predicted molar refractivity (Wildman–Crippen MR) is 144 cm³/mol. The lowest BCUT2D eigenvalue weighted by atomic mass is 10.0. The predicted octanol–water partition coefficient (Wildman–Crippen LogP) is 4.63. The van der Waals surface area contributed by atoms with Crippen LogP contribution in [0.15, 0.2) is 41.8 Å². The minimum Gasteiger partial charge on any atom is -0.344 e. The van der Waals surface area contributed by atoms with Gasteiger partial charge >= 0.3 is 6.03 Å². The zero-order chi connectivity index (χ0) is 26.5. The van der Waals surface area contributed by atoms with Gasteiger partial charge in [-0.05, 0) is 54.8 Å². The van der Waals surface area contributed by atoms with E-state index in [1.54, 1.807) is 17.4 Å². The number of hydrogen-bond donors (Lipinski definition) is 3. The van der Waals surface area contributed by atoms with Crippen LogP contribution in [0.2, 0.25) is 0 Å². The van der Waals surface area contributed by atoms with E-state index in [-0.39, 0.29) is 29.8 Å². The number of urea groups is 1. The molecule has 8 nitrogen and oxygen atoms in total. The fraction of sp³-hybridized carbons (Fsp3) is 0.385. The fourth-order valence-corrected chi connectivity index (χ4v) is 6.20. The topological polar surface area (TPSA) is 108 Å². The maximum atomic E-state index is 13.9. The van der Waals surface area contributed by atoms with Crippen LogP contribution in [0.5, 0.6) is 0 Å². The molecule has 0 bridgehead atoms. The van der Waals surface area contributed by atoms with Crippen molar-refractivity contribution < 1.29 is 23.6 Å². The minimum absolute atomic E-state index is 0.0342. The smallest absolute Gasteiger partial charge is 0.322 e. The Balaban J connectivity index is 1.37. The first-order valence-electron chi connectivity index (χ1n) is 12.1. The van der Waals surface area contributed by atoms with Crippen LogP contribution >= 0.6 is 22.7 Å². The number of thiophene rings is 2. The van der Waals surface area contributed by atoms with Gasteiger partial charge in [-0.25, -0.2) is 9.18 Å². The van der Waals surface area contributed by atoms with Crippen LogP contribution < -0.4 is 16.0 Å². The molecule has 3 aromatic rings. The number of nitrogens with zero attached hydrogens (tertiary/aromatic N) is 1. The zero-order valence-corrected chi connectivity index (χ0v) is 22.2. The molecular formula is C26H29FN4O4S2.